The molecule has 0 aromatic heterocycles. The van der Waals surface area contributed by atoms with Crippen LogP contribution in [0.5, 0.6) is 0 Å². The SMILES string of the molecule is Cc1ccc(N)c(C)c1S(=O)(=O)NCCCC(C)CO. The van der Waals surface area contributed by atoms with Crippen LogP contribution in [0, 0.1) is 19.8 Å². The van der Waals surface area contributed by atoms with Gasteiger partial charge in [0.05, 0.1) is 4.90 Å². The van der Waals surface area contributed by atoms with Gasteiger partial charge < -0.3 is 10.8 Å². The number of sulfonamides is 1. The average Bonchev–Trinajstić information content (AvgIpc) is 2.39. The minimum absolute atomic E-state index is 0.125. The quantitative estimate of drug-likeness (QED) is 0.526. The topological polar surface area (TPSA) is 92.4 Å². The maximum absolute atomic E-state index is 12.3. The Morgan fingerprint density at radius 2 is 2.00 bits per heavy atom. The molecule has 0 fully saturated rings. The highest BCUT2D eigenvalue weighted by molar-refractivity contribution is 7.89. The van der Waals surface area contributed by atoms with Gasteiger partial charge in [-0.15, -0.1) is 0 Å². The molecule has 0 saturated carbocycles. The summed E-state index contributed by atoms with van der Waals surface area (Å²) in [4.78, 5) is 0.271. The second-order valence-electron chi connectivity index (χ2n) is 5.25. The zero-order chi connectivity index (χ0) is 15.3. The van der Waals surface area contributed by atoms with Crippen molar-refractivity contribution in [1.29, 1.82) is 0 Å². The normalized spacial score (nSPS) is 13.4. The van der Waals surface area contributed by atoms with Crippen molar-refractivity contribution in [3.8, 4) is 0 Å². The fourth-order valence-electron chi connectivity index (χ4n) is 2.08. The first-order chi connectivity index (χ1) is 9.29. The van der Waals surface area contributed by atoms with Crippen molar-refractivity contribution >= 4 is 15.7 Å². The molecule has 6 heteroatoms. The van der Waals surface area contributed by atoms with Gasteiger partial charge in [-0.1, -0.05) is 13.0 Å². The van der Waals surface area contributed by atoms with Gasteiger partial charge in [0.1, 0.15) is 0 Å². The molecule has 1 aromatic rings. The van der Waals surface area contributed by atoms with E-state index < -0.39 is 10.0 Å². The van der Waals surface area contributed by atoms with Crippen molar-refractivity contribution in [2.24, 2.45) is 5.92 Å². The fraction of sp³-hybridized carbons (Fsp3) is 0.571. The van der Waals surface area contributed by atoms with E-state index >= 15 is 0 Å². The largest absolute Gasteiger partial charge is 0.398 e. The molecule has 0 saturated heterocycles. The second kappa shape index (κ2) is 7.06. The number of anilines is 1. The van der Waals surface area contributed by atoms with Crippen LogP contribution in [0.2, 0.25) is 0 Å². The van der Waals surface area contributed by atoms with E-state index in [0.29, 0.717) is 29.8 Å². The molecular formula is C14H24N2O3S. The number of hydrogen-bond acceptors (Lipinski definition) is 4. The molecule has 0 bridgehead atoms. The number of aliphatic hydroxyl groups excluding tert-OH is 1. The Hall–Kier alpha value is -1.11. The van der Waals surface area contributed by atoms with Gasteiger partial charge in [-0.2, -0.15) is 0 Å². The molecule has 114 valence electrons. The summed E-state index contributed by atoms with van der Waals surface area (Å²) in [5.74, 6) is 0.190. The number of nitrogens with two attached hydrogens (primary N) is 1. The number of rotatable bonds is 7. The molecular weight excluding hydrogens is 276 g/mol. The minimum atomic E-state index is -3.54. The molecule has 0 aliphatic heterocycles. The maximum Gasteiger partial charge on any atom is 0.241 e. The lowest BCUT2D eigenvalue weighted by molar-refractivity contribution is 0.228. The Kier molecular flexibility index (Phi) is 5.98. The number of benzene rings is 1. The number of nitrogens with one attached hydrogen (secondary N) is 1. The van der Waals surface area contributed by atoms with Crippen LogP contribution in [0.3, 0.4) is 0 Å². The Labute approximate surface area is 121 Å². The predicted octanol–water partition coefficient (Wildman–Crippen LogP) is 1.57. The number of hydrogen-bond donors (Lipinski definition) is 3. The molecule has 0 aliphatic rings. The van der Waals surface area contributed by atoms with Crippen molar-refractivity contribution < 1.29 is 13.5 Å². The first-order valence-corrected chi connectivity index (χ1v) is 8.24. The van der Waals surface area contributed by atoms with E-state index in [4.69, 9.17) is 10.8 Å². The summed E-state index contributed by atoms with van der Waals surface area (Å²) in [6, 6.07) is 3.43. The highest BCUT2D eigenvalue weighted by atomic mass is 32.2. The Bertz CT molecular complexity index is 556. The Balaban J connectivity index is 2.78. The van der Waals surface area contributed by atoms with Crippen LogP contribution in [0.15, 0.2) is 17.0 Å². The van der Waals surface area contributed by atoms with Crippen LogP contribution in [-0.2, 0) is 10.0 Å². The van der Waals surface area contributed by atoms with Crippen molar-refractivity contribution in [3.05, 3.63) is 23.3 Å². The summed E-state index contributed by atoms with van der Waals surface area (Å²) in [7, 11) is -3.54. The molecule has 1 aromatic carbocycles. The van der Waals surface area contributed by atoms with Crippen molar-refractivity contribution in [2.75, 3.05) is 18.9 Å². The molecule has 0 aliphatic carbocycles. The van der Waals surface area contributed by atoms with E-state index in [-0.39, 0.29) is 17.4 Å². The van der Waals surface area contributed by atoms with E-state index in [1.165, 1.54) is 0 Å². The van der Waals surface area contributed by atoms with Gasteiger partial charge in [0.15, 0.2) is 0 Å². The number of nitrogen functional groups attached to an aromatic ring is 1. The van der Waals surface area contributed by atoms with Gasteiger partial charge in [-0.05, 0) is 49.8 Å². The highest BCUT2D eigenvalue weighted by Crippen LogP contribution is 2.24. The molecule has 1 atom stereocenters. The monoisotopic (exact) mass is 300 g/mol. The smallest absolute Gasteiger partial charge is 0.241 e. The minimum Gasteiger partial charge on any atom is -0.398 e. The molecule has 0 heterocycles. The van der Waals surface area contributed by atoms with E-state index in [2.05, 4.69) is 4.72 Å². The summed E-state index contributed by atoms with van der Waals surface area (Å²) >= 11 is 0. The number of aliphatic hydroxyl groups is 1. The molecule has 1 rings (SSSR count). The molecule has 1 unspecified atom stereocenters. The van der Waals surface area contributed by atoms with Crippen LogP contribution in [0.4, 0.5) is 5.69 Å². The third kappa shape index (κ3) is 4.19. The maximum atomic E-state index is 12.3. The summed E-state index contributed by atoms with van der Waals surface area (Å²) in [5, 5.41) is 8.92. The van der Waals surface area contributed by atoms with E-state index in [1.807, 2.05) is 6.92 Å². The molecule has 0 spiro atoms. The molecule has 0 radical (unpaired) electrons. The van der Waals surface area contributed by atoms with E-state index in [1.54, 1.807) is 26.0 Å². The summed E-state index contributed by atoms with van der Waals surface area (Å²) < 4.78 is 27.2. The zero-order valence-electron chi connectivity index (χ0n) is 12.3. The van der Waals surface area contributed by atoms with E-state index in [0.717, 1.165) is 6.42 Å². The van der Waals surface area contributed by atoms with Crippen LogP contribution >= 0.6 is 0 Å². The molecule has 0 amide bonds. The third-order valence-corrected chi connectivity index (χ3v) is 5.14. The standard InChI is InChI=1S/C14H24N2O3S/c1-10(9-17)5-4-8-16-20(18,19)14-11(2)6-7-13(15)12(14)3/h6-7,10,16-17H,4-5,8-9,15H2,1-3H3. The first kappa shape index (κ1) is 16.9. The van der Waals surface area contributed by atoms with Crippen LogP contribution in [0.1, 0.15) is 30.9 Å². The lowest BCUT2D eigenvalue weighted by Gasteiger charge is -2.14. The Morgan fingerprint density at radius 1 is 1.35 bits per heavy atom. The first-order valence-electron chi connectivity index (χ1n) is 6.75. The highest BCUT2D eigenvalue weighted by Gasteiger charge is 2.20. The van der Waals surface area contributed by atoms with Crippen LogP contribution in [0.25, 0.3) is 0 Å². The van der Waals surface area contributed by atoms with Gasteiger partial charge in [0, 0.05) is 18.8 Å². The zero-order valence-corrected chi connectivity index (χ0v) is 13.1. The average molecular weight is 300 g/mol. The van der Waals surface area contributed by atoms with Gasteiger partial charge in [-0.3, -0.25) is 0 Å². The van der Waals surface area contributed by atoms with Crippen LogP contribution < -0.4 is 10.5 Å². The van der Waals surface area contributed by atoms with Gasteiger partial charge >= 0.3 is 0 Å². The summed E-state index contributed by atoms with van der Waals surface area (Å²) in [6.07, 6.45) is 1.48. The number of aryl methyl sites for hydroxylation is 1. The van der Waals surface area contributed by atoms with Crippen molar-refractivity contribution in [2.45, 2.75) is 38.5 Å². The van der Waals surface area contributed by atoms with Gasteiger partial charge in [-0.25, -0.2) is 13.1 Å². The van der Waals surface area contributed by atoms with Crippen molar-refractivity contribution in [3.63, 3.8) is 0 Å². The van der Waals surface area contributed by atoms with E-state index in [9.17, 15) is 8.42 Å². The summed E-state index contributed by atoms with van der Waals surface area (Å²) in [5.41, 5.74) is 7.53. The molecule has 4 N–H and O–H groups in total. The lowest BCUT2D eigenvalue weighted by atomic mass is 10.1. The molecule has 5 nitrogen and oxygen atoms in total. The summed E-state index contributed by atoms with van der Waals surface area (Å²) in [6.45, 7) is 5.89. The Morgan fingerprint density at radius 3 is 2.60 bits per heavy atom. The predicted molar refractivity (Wildman–Crippen MR) is 81.0 cm³/mol. The van der Waals surface area contributed by atoms with Crippen LogP contribution in [-0.4, -0.2) is 26.7 Å². The van der Waals surface area contributed by atoms with Gasteiger partial charge in [0.2, 0.25) is 10.0 Å². The lowest BCUT2D eigenvalue weighted by Crippen LogP contribution is -2.27. The third-order valence-electron chi connectivity index (χ3n) is 3.39. The molecule has 20 heavy (non-hydrogen) atoms. The second-order valence-corrected chi connectivity index (χ2v) is 6.96. The van der Waals surface area contributed by atoms with Crippen molar-refractivity contribution in [1.82, 2.24) is 4.72 Å². The van der Waals surface area contributed by atoms with Gasteiger partial charge in [0.25, 0.3) is 0 Å². The fourth-order valence-corrected chi connectivity index (χ4v) is 3.65.